The van der Waals surface area contributed by atoms with Gasteiger partial charge in [-0.2, -0.15) is 4.98 Å². The van der Waals surface area contributed by atoms with E-state index in [1.165, 1.54) is 0 Å². The second-order valence-corrected chi connectivity index (χ2v) is 4.95. The molecular formula is C14H11BrN4O. The summed E-state index contributed by atoms with van der Waals surface area (Å²) in [5, 5.41) is 4.27. The summed E-state index contributed by atoms with van der Waals surface area (Å²) in [4.78, 5) is 4.13. The fourth-order valence-corrected chi connectivity index (χ4v) is 2.18. The Morgan fingerprint density at radius 2 is 1.90 bits per heavy atom. The van der Waals surface area contributed by atoms with E-state index in [0.717, 1.165) is 10.2 Å². The van der Waals surface area contributed by atoms with Gasteiger partial charge in [0.15, 0.2) is 0 Å². The molecule has 0 aliphatic rings. The molecule has 0 amide bonds. The molecule has 2 N–H and O–H groups in total. The van der Waals surface area contributed by atoms with Gasteiger partial charge in [-0.05, 0) is 46.3 Å². The van der Waals surface area contributed by atoms with Crippen molar-refractivity contribution in [2.45, 2.75) is 0 Å². The van der Waals surface area contributed by atoms with Crippen molar-refractivity contribution in [3.8, 4) is 17.4 Å². The zero-order valence-corrected chi connectivity index (χ0v) is 12.0. The minimum absolute atomic E-state index is 0.277. The molecule has 0 saturated heterocycles. The molecule has 100 valence electrons. The van der Waals surface area contributed by atoms with Crippen LogP contribution in [0.2, 0.25) is 0 Å². The number of rotatable bonds is 3. The van der Waals surface area contributed by atoms with Gasteiger partial charge in [-0.25, -0.2) is 4.68 Å². The third kappa shape index (κ3) is 2.65. The van der Waals surface area contributed by atoms with E-state index in [2.05, 4.69) is 26.0 Å². The lowest BCUT2D eigenvalue weighted by Gasteiger charge is -2.04. The van der Waals surface area contributed by atoms with Crippen LogP contribution in [-0.4, -0.2) is 14.8 Å². The van der Waals surface area contributed by atoms with Crippen molar-refractivity contribution in [1.82, 2.24) is 14.8 Å². The quantitative estimate of drug-likeness (QED) is 0.747. The van der Waals surface area contributed by atoms with Crippen molar-refractivity contribution < 1.29 is 4.74 Å². The van der Waals surface area contributed by atoms with Gasteiger partial charge in [0.1, 0.15) is 12.1 Å². The van der Waals surface area contributed by atoms with Gasteiger partial charge in [0.2, 0.25) is 0 Å². The van der Waals surface area contributed by atoms with Crippen molar-refractivity contribution in [3.63, 3.8) is 0 Å². The van der Waals surface area contributed by atoms with Crippen LogP contribution in [0, 0.1) is 0 Å². The molecule has 0 atom stereocenters. The predicted octanol–water partition coefficient (Wildman–Crippen LogP) is 3.40. The van der Waals surface area contributed by atoms with E-state index in [1.807, 2.05) is 30.3 Å². The normalized spacial score (nSPS) is 10.4. The SMILES string of the molecule is Nc1ccc(Oc2ncn(-c3ccccc3)n2)c(Br)c1. The van der Waals surface area contributed by atoms with Crippen LogP contribution < -0.4 is 10.5 Å². The molecule has 0 radical (unpaired) electrons. The van der Waals surface area contributed by atoms with Gasteiger partial charge in [-0.3, -0.25) is 0 Å². The van der Waals surface area contributed by atoms with E-state index in [9.17, 15) is 0 Å². The highest BCUT2D eigenvalue weighted by atomic mass is 79.9. The zero-order chi connectivity index (χ0) is 13.9. The van der Waals surface area contributed by atoms with Gasteiger partial charge in [-0.15, -0.1) is 5.10 Å². The van der Waals surface area contributed by atoms with Crippen LogP contribution >= 0.6 is 15.9 Å². The molecule has 3 aromatic rings. The fourth-order valence-electron chi connectivity index (χ4n) is 1.70. The maximum atomic E-state index is 5.68. The number of aromatic nitrogens is 3. The molecule has 20 heavy (non-hydrogen) atoms. The first-order valence-corrected chi connectivity index (χ1v) is 6.71. The first kappa shape index (κ1) is 12.7. The van der Waals surface area contributed by atoms with Crippen LogP contribution in [0.25, 0.3) is 5.69 Å². The maximum Gasteiger partial charge on any atom is 0.341 e. The van der Waals surface area contributed by atoms with Gasteiger partial charge < -0.3 is 10.5 Å². The summed E-state index contributed by atoms with van der Waals surface area (Å²) in [6, 6.07) is 15.3. The Balaban J connectivity index is 1.84. The Morgan fingerprint density at radius 3 is 2.65 bits per heavy atom. The average Bonchev–Trinajstić information content (AvgIpc) is 2.92. The number of anilines is 1. The highest BCUT2D eigenvalue weighted by Crippen LogP contribution is 2.29. The topological polar surface area (TPSA) is 66.0 Å². The van der Waals surface area contributed by atoms with Crippen LogP contribution in [0.1, 0.15) is 0 Å². The molecule has 0 fully saturated rings. The number of nitrogen functional groups attached to an aromatic ring is 1. The molecule has 5 nitrogen and oxygen atoms in total. The highest BCUT2D eigenvalue weighted by molar-refractivity contribution is 9.10. The number of hydrogen-bond acceptors (Lipinski definition) is 4. The molecule has 0 unspecified atom stereocenters. The number of para-hydroxylation sites is 1. The van der Waals surface area contributed by atoms with Crippen molar-refractivity contribution in [2.24, 2.45) is 0 Å². The van der Waals surface area contributed by atoms with Crippen molar-refractivity contribution >= 4 is 21.6 Å². The molecular weight excluding hydrogens is 320 g/mol. The van der Waals surface area contributed by atoms with Crippen molar-refractivity contribution in [1.29, 1.82) is 0 Å². The lowest BCUT2D eigenvalue weighted by Crippen LogP contribution is -1.95. The first-order valence-electron chi connectivity index (χ1n) is 5.92. The Kier molecular flexibility index (Phi) is 3.39. The van der Waals surface area contributed by atoms with E-state index in [1.54, 1.807) is 29.2 Å². The maximum absolute atomic E-state index is 5.68. The van der Waals surface area contributed by atoms with Crippen LogP contribution in [0.5, 0.6) is 11.8 Å². The number of hydrogen-bond donors (Lipinski definition) is 1. The second-order valence-electron chi connectivity index (χ2n) is 4.10. The predicted molar refractivity (Wildman–Crippen MR) is 80.0 cm³/mol. The summed E-state index contributed by atoms with van der Waals surface area (Å²) in [5.74, 6) is 0.616. The summed E-state index contributed by atoms with van der Waals surface area (Å²) in [7, 11) is 0. The lowest BCUT2D eigenvalue weighted by molar-refractivity contribution is 0.439. The Hall–Kier alpha value is -2.34. The summed E-state index contributed by atoms with van der Waals surface area (Å²) in [5.41, 5.74) is 7.26. The van der Waals surface area contributed by atoms with Gasteiger partial charge in [0, 0.05) is 5.69 Å². The smallest absolute Gasteiger partial charge is 0.341 e. The van der Waals surface area contributed by atoms with E-state index in [4.69, 9.17) is 10.5 Å². The highest BCUT2D eigenvalue weighted by Gasteiger charge is 2.08. The number of nitrogens with zero attached hydrogens (tertiary/aromatic N) is 3. The molecule has 0 spiro atoms. The molecule has 1 heterocycles. The summed E-state index contributed by atoms with van der Waals surface area (Å²) in [6.45, 7) is 0. The van der Waals surface area contributed by atoms with Gasteiger partial charge in [0.25, 0.3) is 0 Å². The molecule has 0 aliphatic heterocycles. The molecule has 6 heteroatoms. The molecule has 1 aromatic heterocycles. The summed E-state index contributed by atoms with van der Waals surface area (Å²) < 4.78 is 8.03. The first-order chi connectivity index (χ1) is 9.72. The Bertz CT molecular complexity index is 727. The van der Waals surface area contributed by atoms with Crippen LogP contribution in [0.3, 0.4) is 0 Å². The minimum Gasteiger partial charge on any atom is -0.422 e. The molecule has 2 aromatic carbocycles. The van der Waals surface area contributed by atoms with Gasteiger partial charge in [-0.1, -0.05) is 18.2 Å². The van der Waals surface area contributed by atoms with E-state index in [0.29, 0.717) is 11.4 Å². The van der Waals surface area contributed by atoms with Crippen LogP contribution in [-0.2, 0) is 0 Å². The van der Waals surface area contributed by atoms with Gasteiger partial charge in [0.05, 0.1) is 10.2 Å². The number of benzene rings is 2. The minimum atomic E-state index is 0.277. The fraction of sp³-hybridized carbons (Fsp3) is 0. The van der Waals surface area contributed by atoms with Crippen molar-refractivity contribution in [2.75, 3.05) is 5.73 Å². The second kappa shape index (κ2) is 5.34. The standard InChI is InChI=1S/C14H11BrN4O/c15-12-8-10(16)6-7-13(12)20-14-17-9-19(18-14)11-4-2-1-3-5-11/h1-9H,16H2. The number of halogens is 1. The summed E-state index contributed by atoms with van der Waals surface area (Å²) >= 11 is 3.39. The van der Waals surface area contributed by atoms with E-state index in [-0.39, 0.29) is 6.01 Å². The van der Waals surface area contributed by atoms with Gasteiger partial charge >= 0.3 is 6.01 Å². The van der Waals surface area contributed by atoms with Crippen LogP contribution in [0.15, 0.2) is 59.3 Å². The number of nitrogens with two attached hydrogens (primary N) is 1. The third-order valence-corrected chi connectivity index (χ3v) is 3.27. The third-order valence-electron chi connectivity index (χ3n) is 2.65. The molecule has 3 rings (SSSR count). The van der Waals surface area contributed by atoms with E-state index >= 15 is 0 Å². The van der Waals surface area contributed by atoms with E-state index < -0.39 is 0 Å². The monoisotopic (exact) mass is 330 g/mol. The Morgan fingerprint density at radius 1 is 1.10 bits per heavy atom. The van der Waals surface area contributed by atoms with Crippen molar-refractivity contribution in [3.05, 3.63) is 59.3 Å². The largest absolute Gasteiger partial charge is 0.422 e. The zero-order valence-electron chi connectivity index (χ0n) is 10.4. The van der Waals surface area contributed by atoms with Crippen LogP contribution in [0.4, 0.5) is 5.69 Å². The number of ether oxygens (including phenoxy) is 1. The summed E-state index contributed by atoms with van der Waals surface area (Å²) in [6.07, 6.45) is 1.61. The molecule has 0 saturated carbocycles. The Labute approximate surface area is 124 Å². The lowest BCUT2D eigenvalue weighted by atomic mass is 10.3. The molecule has 0 aliphatic carbocycles. The average molecular weight is 331 g/mol. The molecule has 0 bridgehead atoms.